The highest BCUT2D eigenvalue weighted by Crippen LogP contribution is 2.45. The molecular formula is C33H50O7. The van der Waals surface area contributed by atoms with E-state index in [0.29, 0.717) is 24.3 Å². The van der Waals surface area contributed by atoms with Crippen LogP contribution in [0.3, 0.4) is 0 Å². The van der Waals surface area contributed by atoms with Crippen molar-refractivity contribution in [2.75, 3.05) is 13.7 Å². The quantitative estimate of drug-likeness (QED) is 0.346. The van der Waals surface area contributed by atoms with Crippen LogP contribution in [0.1, 0.15) is 86.0 Å². The van der Waals surface area contributed by atoms with E-state index in [-0.39, 0.29) is 37.3 Å². The van der Waals surface area contributed by atoms with E-state index in [0.717, 1.165) is 37.7 Å². The van der Waals surface area contributed by atoms with E-state index in [4.69, 9.17) is 18.9 Å². The number of hydrogen-bond donors (Lipinski definition) is 2. The maximum atomic E-state index is 13.9. The Kier molecular flexibility index (Phi) is 10.2. The third-order valence-electron chi connectivity index (χ3n) is 9.44. The molecule has 1 unspecified atom stereocenters. The zero-order chi connectivity index (χ0) is 29.1. The van der Waals surface area contributed by atoms with Crippen LogP contribution in [0.15, 0.2) is 47.1 Å². The van der Waals surface area contributed by atoms with Crippen LogP contribution in [0.5, 0.6) is 0 Å². The van der Waals surface area contributed by atoms with Gasteiger partial charge < -0.3 is 29.2 Å². The molecule has 3 heterocycles. The number of allylic oxidation sites excluding steroid dienone is 4. The molecular weight excluding hydrogens is 508 g/mol. The minimum absolute atomic E-state index is 0.101. The third kappa shape index (κ3) is 6.81. The Morgan fingerprint density at radius 1 is 1.15 bits per heavy atom. The van der Waals surface area contributed by atoms with E-state index in [1.807, 2.05) is 13.0 Å². The molecule has 2 bridgehead atoms. The van der Waals surface area contributed by atoms with E-state index in [1.165, 1.54) is 5.57 Å². The first-order chi connectivity index (χ1) is 19.0. The Hall–Kier alpha value is -1.77. The largest absolute Gasteiger partial charge is 0.462 e. The van der Waals surface area contributed by atoms with Gasteiger partial charge in [-0.25, -0.2) is 0 Å². The first-order valence-corrected chi connectivity index (χ1v) is 15.2. The first kappa shape index (κ1) is 31.2. The molecule has 2 fully saturated rings. The summed E-state index contributed by atoms with van der Waals surface area (Å²) in [6, 6.07) is 0. The fraction of sp³-hybridized carbons (Fsp3) is 0.727. The number of aliphatic hydroxyl groups excluding tert-OH is 1. The topological polar surface area (TPSA) is 94.5 Å². The molecule has 0 aromatic rings. The van der Waals surface area contributed by atoms with Crippen LogP contribution in [0.2, 0.25) is 0 Å². The van der Waals surface area contributed by atoms with Crippen molar-refractivity contribution in [3.05, 3.63) is 47.1 Å². The number of hydrogen-bond acceptors (Lipinski definition) is 7. The summed E-state index contributed by atoms with van der Waals surface area (Å²) in [5.74, 6) is -1.53. The van der Waals surface area contributed by atoms with E-state index >= 15 is 0 Å². The SMILES string of the molecule is CC[C@H]1O[C@]2(CC[C@@H]1C)C[C@@H]1C[C@H](C/C=C(\C)CC(C)/C=C/C=C(/CO)[C@]3(O)C[C@H](OC)C(C)=C[C@@H]3C(=O)O1)O2. The molecule has 9 atom stereocenters. The predicted molar refractivity (Wildman–Crippen MR) is 154 cm³/mol. The van der Waals surface area contributed by atoms with Gasteiger partial charge in [0.1, 0.15) is 17.6 Å². The van der Waals surface area contributed by atoms with Gasteiger partial charge in [0.15, 0.2) is 5.79 Å². The van der Waals surface area contributed by atoms with Gasteiger partial charge in [-0.3, -0.25) is 4.79 Å². The van der Waals surface area contributed by atoms with Gasteiger partial charge in [0, 0.05) is 32.8 Å². The van der Waals surface area contributed by atoms with E-state index in [2.05, 4.69) is 39.8 Å². The Balaban J connectivity index is 1.73. The van der Waals surface area contributed by atoms with Crippen LogP contribution in [-0.2, 0) is 23.7 Å². The molecule has 7 heteroatoms. The van der Waals surface area contributed by atoms with Crippen molar-refractivity contribution in [1.82, 2.24) is 0 Å². The van der Waals surface area contributed by atoms with Crippen molar-refractivity contribution in [1.29, 1.82) is 0 Å². The van der Waals surface area contributed by atoms with Crippen molar-refractivity contribution in [2.45, 2.75) is 122 Å². The molecule has 40 heavy (non-hydrogen) atoms. The molecule has 0 saturated carbocycles. The van der Waals surface area contributed by atoms with E-state index in [1.54, 1.807) is 19.3 Å². The maximum absolute atomic E-state index is 13.9. The zero-order valence-electron chi connectivity index (χ0n) is 25.2. The lowest BCUT2D eigenvalue weighted by Crippen LogP contribution is -2.55. The average molecular weight is 559 g/mol. The Bertz CT molecular complexity index is 1030. The minimum atomic E-state index is -1.64. The van der Waals surface area contributed by atoms with Crippen molar-refractivity contribution in [3.63, 3.8) is 0 Å². The molecule has 2 N–H and O–H groups in total. The van der Waals surface area contributed by atoms with Crippen LogP contribution >= 0.6 is 0 Å². The minimum Gasteiger partial charge on any atom is -0.462 e. The standard InChI is InChI=1S/C33H50O7/c1-7-29-23(4)13-14-32(40-29)18-27-17-26(39-32)12-11-22(3)15-21(2)9-8-10-25(20-34)33(36)19-30(37-6)24(5)16-28(33)31(35)38-27/h8-11,16,21,23,26-30,34,36H,7,12-15,17-20H2,1-6H3/b9-8+,22-11+,25-10-/t21?,23-,26-,27-,28+,29+,30-,32+,33+/m0/s1. The second kappa shape index (κ2) is 13.0. The van der Waals surface area contributed by atoms with Crippen LogP contribution in [-0.4, -0.2) is 65.7 Å². The van der Waals surface area contributed by atoms with Gasteiger partial charge in [-0.15, -0.1) is 0 Å². The van der Waals surface area contributed by atoms with Crippen LogP contribution < -0.4 is 0 Å². The number of esters is 1. The summed E-state index contributed by atoms with van der Waals surface area (Å²) in [7, 11) is 1.59. The highest BCUT2D eigenvalue weighted by atomic mass is 16.7. The number of aliphatic hydroxyl groups is 2. The second-order valence-electron chi connectivity index (χ2n) is 12.7. The summed E-state index contributed by atoms with van der Waals surface area (Å²) in [5.41, 5.74) is 0.868. The molecule has 0 radical (unpaired) electrons. The van der Waals surface area contributed by atoms with Crippen molar-refractivity contribution in [3.8, 4) is 0 Å². The lowest BCUT2D eigenvalue weighted by atomic mass is 9.71. The summed E-state index contributed by atoms with van der Waals surface area (Å²) in [6.07, 6.45) is 14.3. The third-order valence-corrected chi connectivity index (χ3v) is 9.44. The summed E-state index contributed by atoms with van der Waals surface area (Å²) < 4.78 is 25.2. The van der Waals surface area contributed by atoms with Gasteiger partial charge in [-0.1, -0.05) is 56.7 Å². The van der Waals surface area contributed by atoms with Gasteiger partial charge in [0.2, 0.25) is 0 Å². The van der Waals surface area contributed by atoms with Crippen molar-refractivity contribution in [2.24, 2.45) is 17.8 Å². The second-order valence-corrected chi connectivity index (χ2v) is 12.7. The maximum Gasteiger partial charge on any atom is 0.316 e. The van der Waals surface area contributed by atoms with Crippen molar-refractivity contribution < 1.29 is 34.0 Å². The molecule has 4 aliphatic rings. The number of ether oxygens (including phenoxy) is 4. The Morgan fingerprint density at radius 2 is 1.93 bits per heavy atom. The van der Waals surface area contributed by atoms with Gasteiger partial charge in [0.05, 0.1) is 24.9 Å². The number of carbonyl (C=O) groups is 1. The monoisotopic (exact) mass is 558 g/mol. The number of methoxy groups -OCH3 is 1. The summed E-state index contributed by atoms with van der Waals surface area (Å²) >= 11 is 0. The van der Waals surface area contributed by atoms with Crippen LogP contribution in [0.25, 0.3) is 0 Å². The highest BCUT2D eigenvalue weighted by Gasteiger charge is 2.51. The Morgan fingerprint density at radius 3 is 2.62 bits per heavy atom. The summed E-state index contributed by atoms with van der Waals surface area (Å²) in [5, 5.41) is 22.4. The Labute approximate surface area is 240 Å². The fourth-order valence-electron chi connectivity index (χ4n) is 7.03. The molecule has 1 aliphatic carbocycles. The molecule has 0 aromatic carbocycles. The van der Waals surface area contributed by atoms with Crippen molar-refractivity contribution >= 4 is 5.97 Å². The molecule has 4 rings (SSSR count). The average Bonchev–Trinajstić information content (AvgIpc) is 2.91. The molecule has 0 aromatic heterocycles. The van der Waals surface area contributed by atoms with E-state index < -0.39 is 29.4 Å². The zero-order valence-corrected chi connectivity index (χ0v) is 25.2. The number of fused-ring (bicyclic) bond motifs is 3. The number of rotatable bonds is 3. The van der Waals surface area contributed by atoms with Crippen LogP contribution in [0, 0.1) is 17.8 Å². The van der Waals surface area contributed by atoms with Gasteiger partial charge >= 0.3 is 5.97 Å². The predicted octanol–water partition coefficient (Wildman–Crippen LogP) is 5.56. The van der Waals surface area contributed by atoms with Crippen LogP contribution in [0.4, 0.5) is 0 Å². The van der Waals surface area contributed by atoms with Gasteiger partial charge in [-0.05, 0) is 62.5 Å². The molecule has 2 saturated heterocycles. The summed E-state index contributed by atoms with van der Waals surface area (Å²) in [6.45, 7) is 10.2. The fourth-order valence-corrected chi connectivity index (χ4v) is 7.03. The number of carbonyl (C=O) groups excluding carboxylic acids is 1. The summed E-state index contributed by atoms with van der Waals surface area (Å²) in [4.78, 5) is 13.9. The highest BCUT2D eigenvalue weighted by molar-refractivity contribution is 5.78. The molecule has 224 valence electrons. The molecule has 0 amide bonds. The van der Waals surface area contributed by atoms with Gasteiger partial charge in [0.25, 0.3) is 0 Å². The molecule has 1 spiro atoms. The molecule has 3 aliphatic heterocycles. The van der Waals surface area contributed by atoms with Gasteiger partial charge in [-0.2, -0.15) is 0 Å². The first-order valence-electron chi connectivity index (χ1n) is 15.2. The molecule has 7 nitrogen and oxygen atoms in total. The lowest BCUT2D eigenvalue weighted by molar-refractivity contribution is -0.335. The smallest absolute Gasteiger partial charge is 0.316 e. The normalized spacial score (nSPS) is 44.9. The van der Waals surface area contributed by atoms with E-state index in [9.17, 15) is 15.0 Å². The lowest BCUT2D eigenvalue weighted by Gasteiger charge is -2.50.